The second kappa shape index (κ2) is 9.26. The molecule has 0 saturated heterocycles. The Morgan fingerprint density at radius 2 is 1.71 bits per heavy atom. The first-order chi connectivity index (χ1) is 10.7. The molecule has 0 saturated carbocycles. The summed E-state index contributed by atoms with van der Waals surface area (Å²) in [6.07, 6.45) is 2.56. The minimum Gasteiger partial charge on any atom is -0.872 e. The Bertz CT molecular complexity index is 680. The van der Waals surface area contributed by atoms with Crippen molar-refractivity contribution in [2.75, 3.05) is 0 Å². The monoisotopic (exact) mass is 308 g/mol. The topological polar surface area (TPSA) is 58.8 Å². The van der Waals surface area contributed by atoms with Crippen LogP contribution in [0, 0.1) is 0 Å². The maximum Gasteiger partial charge on any atom is 1.00 e. The van der Waals surface area contributed by atoms with Crippen LogP contribution >= 0.6 is 0 Å². The van der Waals surface area contributed by atoms with Crippen LogP contribution in [0.15, 0.2) is 59.8 Å². The zero-order valence-electron chi connectivity index (χ0n) is 14.5. The van der Waals surface area contributed by atoms with Crippen LogP contribution in [-0.2, 0) is 10.6 Å². The van der Waals surface area contributed by atoms with E-state index in [1.807, 2.05) is 36.4 Å². The first-order valence-corrected chi connectivity index (χ1v) is 7.56. The minimum atomic E-state index is -0.987. The summed E-state index contributed by atoms with van der Waals surface area (Å²) >= 11 is 0. The average molecular weight is 308 g/mol. The molecule has 1 aliphatic heterocycles. The molecule has 2 aromatic rings. The minimum absolute atomic E-state index is 0. The summed E-state index contributed by atoms with van der Waals surface area (Å²) in [6, 6.07) is 16.6. The van der Waals surface area contributed by atoms with Gasteiger partial charge in [-0.2, -0.15) is 0 Å². The van der Waals surface area contributed by atoms with E-state index in [4.69, 9.17) is 4.84 Å². The number of benzene rings is 2. The summed E-state index contributed by atoms with van der Waals surface area (Å²) in [6.45, 7) is 2.10. The summed E-state index contributed by atoms with van der Waals surface area (Å²) < 4.78 is 0. The first kappa shape index (κ1) is 20.7. The number of unbranched alkanes of at least 4 members (excludes halogenated alkanes) is 1. The van der Waals surface area contributed by atoms with Crippen molar-refractivity contribution in [3.63, 3.8) is 0 Å². The van der Waals surface area contributed by atoms with Gasteiger partial charge in [0.05, 0.1) is 0 Å². The Morgan fingerprint density at radius 3 is 2.38 bits per heavy atom. The third kappa shape index (κ3) is 4.21. The van der Waals surface area contributed by atoms with Crippen molar-refractivity contribution in [2.24, 2.45) is 5.16 Å². The molecule has 1 atom stereocenters. The van der Waals surface area contributed by atoms with E-state index in [0.717, 1.165) is 18.4 Å². The van der Waals surface area contributed by atoms with E-state index in [2.05, 4.69) is 17.4 Å². The standard InChI is InChI=1S/C18H19N2O2.2Li/c1-2-3-13-18(15-11-7-8-12-16(15)21)19-17(20-22-18)14-9-5-4-6-10-14;;/h4-12H,2-3,13H2,1H3,(H-,19,20,21);;/q-1;2*+1/p-1. The van der Waals surface area contributed by atoms with Crippen LogP contribution in [0.25, 0.3) is 5.32 Å². The van der Waals surface area contributed by atoms with Crippen molar-refractivity contribution in [3.8, 4) is 5.75 Å². The maximum absolute atomic E-state index is 12.2. The Kier molecular flexibility index (Phi) is 8.00. The van der Waals surface area contributed by atoms with Gasteiger partial charge >= 0.3 is 37.7 Å². The van der Waals surface area contributed by atoms with Gasteiger partial charge in [0.15, 0.2) is 0 Å². The second-order valence-electron chi connectivity index (χ2n) is 5.37. The summed E-state index contributed by atoms with van der Waals surface area (Å²) in [4.78, 5) is 5.70. The summed E-state index contributed by atoms with van der Waals surface area (Å²) in [5, 5.41) is 21.1. The predicted molar refractivity (Wildman–Crippen MR) is 84.5 cm³/mol. The number of hydrogen-bond donors (Lipinski definition) is 0. The van der Waals surface area contributed by atoms with Gasteiger partial charge in [0.2, 0.25) is 0 Å². The normalized spacial score (nSPS) is 18.5. The van der Waals surface area contributed by atoms with E-state index >= 15 is 0 Å². The van der Waals surface area contributed by atoms with Gasteiger partial charge in [0.25, 0.3) is 0 Å². The molecule has 0 spiro atoms. The molecule has 0 radical (unpaired) electrons. The van der Waals surface area contributed by atoms with Gasteiger partial charge in [0.1, 0.15) is 5.72 Å². The zero-order chi connectivity index (χ0) is 15.4. The molecular formula is C18H18Li2N2O2. The number of para-hydroxylation sites is 1. The fraction of sp³-hybridized carbons (Fsp3) is 0.278. The molecule has 2 aromatic carbocycles. The summed E-state index contributed by atoms with van der Waals surface area (Å²) in [7, 11) is 0. The molecule has 114 valence electrons. The number of nitrogens with zero attached hydrogens (tertiary/aromatic N) is 2. The van der Waals surface area contributed by atoms with Crippen LogP contribution in [0.1, 0.15) is 37.3 Å². The molecule has 0 aromatic heterocycles. The van der Waals surface area contributed by atoms with Crippen LogP contribution in [0.5, 0.6) is 5.75 Å². The Hall–Kier alpha value is -1.30. The van der Waals surface area contributed by atoms with E-state index in [0.29, 0.717) is 17.8 Å². The van der Waals surface area contributed by atoms with Gasteiger partial charge in [0, 0.05) is 0 Å². The third-order valence-electron chi connectivity index (χ3n) is 3.78. The van der Waals surface area contributed by atoms with Crippen LogP contribution in [0.3, 0.4) is 0 Å². The number of rotatable bonds is 5. The van der Waals surface area contributed by atoms with E-state index in [1.54, 1.807) is 18.2 Å². The van der Waals surface area contributed by atoms with Gasteiger partial charge < -0.3 is 15.3 Å². The molecule has 3 rings (SSSR count). The fourth-order valence-electron chi connectivity index (χ4n) is 2.59. The molecule has 6 heteroatoms. The van der Waals surface area contributed by atoms with Gasteiger partial charge in [-0.15, -0.1) is 5.75 Å². The Balaban J connectivity index is 0.00000144. The molecule has 1 unspecified atom stereocenters. The summed E-state index contributed by atoms with van der Waals surface area (Å²) in [5.74, 6) is 0.479. The summed E-state index contributed by atoms with van der Waals surface area (Å²) in [5.41, 5.74) is 0.460. The SMILES string of the molecule is CCCCC1(c2ccccc2[O-])[N-]C(c2ccccc2)=NO1.[Li+].[Li+]. The van der Waals surface area contributed by atoms with Gasteiger partial charge in [-0.3, -0.25) is 5.16 Å². The Morgan fingerprint density at radius 1 is 1.04 bits per heavy atom. The predicted octanol–water partition coefficient (Wildman–Crippen LogP) is -2.12. The average Bonchev–Trinajstić information content (AvgIpc) is 3.00. The molecular weight excluding hydrogens is 290 g/mol. The maximum atomic E-state index is 12.2. The first-order valence-electron chi connectivity index (χ1n) is 7.56. The van der Waals surface area contributed by atoms with E-state index in [9.17, 15) is 5.11 Å². The van der Waals surface area contributed by atoms with Gasteiger partial charge in [-0.05, 0) is 29.8 Å². The molecule has 0 aliphatic carbocycles. The molecule has 1 aliphatic rings. The van der Waals surface area contributed by atoms with Gasteiger partial charge in [-0.1, -0.05) is 67.9 Å². The van der Waals surface area contributed by atoms with Crippen LogP contribution in [0.4, 0.5) is 0 Å². The molecule has 0 N–H and O–H groups in total. The van der Waals surface area contributed by atoms with Gasteiger partial charge in [-0.25, -0.2) is 0 Å². The number of hydrogen-bond acceptors (Lipinski definition) is 3. The zero-order valence-corrected chi connectivity index (χ0v) is 14.5. The van der Waals surface area contributed by atoms with Crippen molar-refractivity contribution in [1.29, 1.82) is 0 Å². The second-order valence-corrected chi connectivity index (χ2v) is 5.37. The molecule has 0 amide bonds. The quantitative estimate of drug-likeness (QED) is 0.593. The van der Waals surface area contributed by atoms with Crippen molar-refractivity contribution < 1.29 is 47.7 Å². The van der Waals surface area contributed by atoms with Crippen molar-refractivity contribution in [3.05, 3.63) is 71.0 Å². The molecule has 0 fully saturated rings. The third-order valence-corrected chi connectivity index (χ3v) is 3.78. The van der Waals surface area contributed by atoms with Crippen LogP contribution < -0.4 is 42.8 Å². The smallest absolute Gasteiger partial charge is 0.872 e. The van der Waals surface area contributed by atoms with Crippen LogP contribution in [-0.4, -0.2) is 5.84 Å². The molecule has 0 bridgehead atoms. The van der Waals surface area contributed by atoms with E-state index in [-0.39, 0.29) is 43.5 Å². The number of oxime groups is 1. The molecule has 1 heterocycles. The fourth-order valence-corrected chi connectivity index (χ4v) is 2.59. The molecule has 24 heavy (non-hydrogen) atoms. The van der Waals surface area contributed by atoms with Crippen molar-refractivity contribution in [2.45, 2.75) is 31.9 Å². The largest absolute Gasteiger partial charge is 1.00 e. The molecule has 4 nitrogen and oxygen atoms in total. The number of amidine groups is 1. The Labute approximate surface area is 167 Å². The van der Waals surface area contributed by atoms with Crippen LogP contribution in [0.2, 0.25) is 0 Å². The van der Waals surface area contributed by atoms with E-state index < -0.39 is 5.72 Å². The van der Waals surface area contributed by atoms with E-state index in [1.165, 1.54) is 0 Å². The van der Waals surface area contributed by atoms with Crippen molar-refractivity contribution >= 4 is 5.84 Å². The van der Waals surface area contributed by atoms with Crippen molar-refractivity contribution in [1.82, 2.24) is 0 Å².